The molecule has 1 fully saturated rings. The molecular weight excluding hydrogens is 316 g/mol. The average Bonchev–Trinajstić information content (AvgIpc) is 2.63. The molecule has 0 atom stereocenters. The number of anilines is 4. The first-order chi connectivity index (χ1) is 12.1. The lowest BCUT2D eigenvalue weighted by Crippen LogP contribution is -2.58. The van der Waals surface area contributed by atoms with Crippen molar-refractivity contribution in [2.75, 3.05) is 47.6 Å². The average molecular weight is 338 g/mol. The number of nitrogens with zero attached hydrogens (tertiary/aromatic N) is 4. The molecule has 2 aliphatic rings. The summed E-state index contributed by atoms with van der Waals surface area (Å²) in [5.41, 5.74) is 1.29. The van der Waals surface area contributed by atoms with Crippen LogP contribution < -0.4 is 20.4 Å². The first-order valence-electron chi connectivity index (χ1n) is 8.51. The molecule has 25 heavy (non-hydrogen) atoms. The van der Waals surface area contributed by atoms with Crippen molar-refractivity contribution in [2.45, 2.75) is 18.4 Å². The zero-order chi connectivity index (χ0) is 17.4. The second-order valence-corrected chi connectivity index (χ2v) is 6.79. The largest absolute Gasteiger partial charge is 0.369 e. The molecule has 4 rings (SSSR count). The predicted molar refractivity (Wildman–Crippen MR) is 99.2 cm³/mol. The number of hydrogen-bond acceptors (Lipinski definition) is 6. The van der Waals surface area contributed by atoms with Crippen LogP contribution >= 0.6 is 0 Å². The fraction of sp³-hybridized carbons (Fsp3) is 0.389. The molecule has 2 N–H and O–H groups in total. The Morgan fingerprint density at radius 3 is 2.48 bits per heavy atom. The van der Waals surface area contributed by atoms with E-state index in [0.717, 1.165) is 48.9 Å². The van der Waals surface area contributed by atoms with Crippen molar-refractivity contribution in [3.05, 3.63) is 36.7 Å². The second-order valence-electron chi connectivity index (χ2n) is 6.79. The number of amides is 1. The molecule has 2 aromatic rings. The van der Waals surface area contributed by atoms with Gasteiger partial charge >= 0.3 is 0 Å². The Kier molecular flexibility index (Phi) is 3.71. The summed E-state index contributed by atoms with van der Waals surface area (Å²) in [4.78, 5) is 25.8. The van der Waals surface area contributed by atoms with Gasteiger partial charge in [0.05, 0.1) is 11.4 Å². The molecular formula is C18H22N6O. The minimum Gasteiger partial charge on any atom is -0.369 e. The van der Waals surface area contributed by atoms with Gasteiger partial charge in [0.15, 0.2) is 11.6 Å². The monoisotopic (exact) mass is 338 g/mol. The zero-order valence-corrected chi connectivity index (χ0v) is 14.5. The van der Waals surface area contributed by atoms with Crippen molar-refractivity contribution in [1.82, 2.24) is 9.97 Å². The van der Waals surface area contributed by atoms with Crippen LogP contribution in [0.2, 0.25) is 0 Å². The highest BCUT2D eigenvalue weighted by Crippen LogP contribution is 2.37. The third-order valence-electron chi connectivity index (χ3n) is 4.98. The number of fused-ring (bicyclic) bond motifs is 1. The van der Waals surface area contributed by atoms with E-state index in [9.17, 15) is 4.79 Å². The van der Waals surface area contributed by atoms with Crippen LogP contribution in [0.15, 0.2) is 36.7 Å². The fourth-order valence-electron chi connectivity index (χ4n) is 3.57. The van der Waals surface area contributed by atoms with E-state index in [2.05, 4.69) is 25.5 Å². The number of piperidine rings is 1. The summed E-state index contributed by atoms with van der Waals surface area (Å²) in [5, 5.41) is 6.53. The Morgan fingerprint density at radius 1 is 1.08 bits per heavy atom. The molecule has 2 aliphatic heterocycles. The van der Waals surface area contributed by atoms with Gasteiger partial charge in [0.2, 0.25) is 5.91 Å². The van der Waals surface area contributed by atoms with Gasteiger partial charge in [-0.2, -0.15) is 0 Å². The Balaban J connectivity index is 1.55. The van der Waals surface area contributed by atoms with Gasteiger partial charge in [0.25, 0.3) is 0 Å². The number of benzene rings is 1. The molecule has 7 heteroatoms. The Morgan fingerprint density at radius 2 is 1.76 bits per heavy atom. The summed E-state index contributed by atoms with van der Waals surface area (Å²) < 4.78 is 0. The number of aromatic nitrogens is 2. The van der Waals surface area contributed by atoms with Crippen LogP contribution in [0, 0.1) is 0 Å². The summed E-state index contributed by atoms with van der Waals surface area (Å²) in [5.74, 6) is 1.78. The van der Waals surface area contributed by atoms with Crippen LogP contribution in [0.25, 0.3) is 0 Å². The summed E-state index contributed by atoms with van der Waals surface area (Å²) >= 11 is 0. The highest BCUT2D eigenvalue weighted by molar-refractivity contribution is 6.06. The maximum Gasteiger partial charge on any atom is 0.250 e. The Hall–Kier alpha value is -2.83. The van der Waals surface area contributed by atoms with Crippen molar-refractivity contribution in [3.8, 4) is 0 Å². The number of carbonyl (C=O) groups is 1. The smallest absolute Gasteiger partial charge is 0.250 e. The molecule has 3 heterocycles. The van der Waals surface area contributed by atoms with Crippen LogP contribution in [-0.4, -0.2) is 48.6 Å². The molecule has 0 radical (unpaired) electrons. The van der Waals surface area contributed by atoms with E-state index in [1.807, 2.05) is 43.3 Å². The molecule has 0 aliphatic carbocycles. The van der Waals surface area contributed by atoms with Gasteiger partial charge in [-0.05, 0) is 25.0 Å². The summed E-state index contributed by atoms with van der Waals surface area (Å²) in [6.07, 6.45) is 4.86. The lowest BCUT2D eigenvalue weighted by molar-refractivity contribution is -0.121. The minimum absolute atomic E-state index is 0.0535. The maximum absolute atomic E-state index is 12.7. The molecule has 1 spiro atoms. The lowest BCUT2D eigenvalue weighted by atomic mass is 9.84. The Bertz CT molecular complexity index is 798. The molecule has 0 saturated carbocycles. The molecule has 130 valence electrons. The van der Waals surface area contributed by atoms with Crippen LogP contribution in [0.1, 0.15) is 12.8 Å². The second kappa shape index (κ2) is 5.91. The first kappa shape index (κ1) is 15.7. The summed E-state index contributed by atoms with van der Waals surface area (Å²) in [6, 6.07) is 7.84. The zero-order valence-electron chi connectivity index (χ0n) is 14.5. The molecule has 1 aromatic heterocycles. The molecule has 1 saturated heterocycles. The van der Waals surface area contributed by atoms with Gasteiger partial charge in [-0.3, -0.25) is 4.79 Å². The SMILES string of the molecule is CN(C)c1nccnc1N1CCC2(CC1)Nc1ccccc1NC2=O. The van der Waals surface area contributed by atoms with Gasteiger partial charge < -0.3 is 20.4 Å². The van der Waals surface area contributed by atoms with Crippen LogP contribution in [0.3, 0.4) is 0 Å². The maximum atomic E-state index is 12.7. The lowest BCUT2D eigenvalue weighted by Gasteiger charge is -2.44. The molecule has 0 bridgehead atoms. The Labute approximate surface area is 147 Å². The van der Waals surface area contributed by atoms with Crippen molar-refractivity contribution >= 4 is 28.9 Å². The quantitative estimate of drug-likeness (QED) is 0.872. The van der Waals surface area contributed by atoms with Crippen molar-refractivity contribution in [1.29, 1.82) is 0 Å². The number of rotatable bonds is 2. The normalized spacial score (nSPS) is 18.3. The van der Waals surface area contributed by atoms with Crippen LogP contribution in [0.4, 0.5) is 23.0 Å². The van der Waals surface area contributed by atoms with E-state index in [4.69, 9.17) is 0 Å². The van der Waals surface area contributed by atoms with Crippen molar-refractivity contribution < 1.29 is 4.79 Å². The van der Waals surface area contributed by atoms with E-state index in [1.165, 1.54) is 0 Å². The van der Waals surface area contributed by atoms with E-state index >= 15 is 0 Å². The van der Waals surface area contributed by atoms with Gasteiger partial charge in [-0.25, -0.2) is 9.97 Å². The standard InChI is InChI=1S/C18H22N6O/c1-23(2)15-16(20-10-9-19-15)24-11-7-18(8-12-24)17(25)21-13-5-3-4-6-14(13)22-18/h3-6,9-10,22H,7-8,11-12H2,1-2H3,(H,21,25). The van der Waals surface area contributed by atoms with Gasteiger partial charge in [0, 0.05) is 39.6 Å². The summed E-state index contributed by atoms with van der Waals surface area (Å²) in [6.45, 7) is 1.50. The van der Waals surface area contributed by atoms with Gasteiger partial charge in [0.1, 0.15) is 5.54 Å². The number of para-hydroxylation sites is 2. The van der Waals surface area contributed by atoms with Crippen molar-refractivity contribution in [3.63, 3.8) is 0 Å². The number of hydrogen-bond donors (Lipinski definition) is 2. The fourth-order valence-corrected chi connectivity index (χ4v) is 3.57. The molecule has 1 aromatic carbocycles. The predicted octanol–water partition coefficient (Wildman–Crippen LogP) is 1.95. The number of carbonyl (C=O) groups excluding carboxylic acids is 1. The first-order valence-corrected chi connectivity index (χ1v) is 8.51. The van der Waals surface area contributed by atoms with Crippen molar-refractivity contribution in [2.24, 2.45) is 0 Å². The van der Waals surface area contributed by atoms with E-state index in [-0.39, 0.29) is 5.91 Å². The minimum atomic E-state index is -0.550. The van der Waals surface area contributed by atoms with Crippen LogP contribution in [-0.2, 0) is 4.79 Å². The van der Waals surface area contributed by atoms with E-state index in [0.29, 0.717) is 0 Å². The van der Waals surface area contributed by atoms with E-state index in [1.54, 1.807) is 12.4 Å². The highest BCUT2D eigenvalue weighted by atomic mass is 16.2. The topological polar surface area (TPSA) is 73.4 Å². The van der Waals surface area contributed by atoms with Crippen LogP contribution in [0.5, 0.6) is 0 Å². The van der Waals surface area contributed by atoms with E-state index < -0.39 is 5.54 Å². The third kappa shape index (κ3) is 2.65. The molecule has 7 nitrogen and oxygen atoms in total. The van der Waals surface area contributed by atoms with Gasteiger partial charge in [-0.1, -0.05) is 12.1 Å². The summed E-state index contributed by atoms with van der Waals surface area (Å²) in [7, 11) is 3.93. The number of nitrogens with one attached hydrogen (secondary N) is 2. The molecule has 0 unspecified atom stereocenters. The molecule has 1 amide bonds. The third-order valence-corrected chi connectivity index (χ3v) is 4.98. The van der Waals surface area contributed by atoms with Gasteiger partial charge in [-0.15, -0.1) is 0 Å². The highest BCUT2D eigenvalue weighted by Gasteiger charge is 2.44.